The molecule has 7 heteroatoms. The molecule has 0 aromatic heterocycles. The van der Waals surface area contributed by atoms with Crippen molar-refractivity contribution in [3.63, 3.8) is 0 Å². The summed E-state index contributed by atoms with van der Waals surface area (Å²) in [5.74, 6) is -0.466. The third-order valence-corrected chi connectivity index (χ3v) is 4.51. The molecule has 0 aliphatic rings. The number of rotatable bonds is 6. The van der Waals surface area contributed by atoms with Crippen LogP contribution in [0.2, 0.25) is 0 Å². The number of ether oxygens (including phenoxy) is 1. The van der Waals surface area contributed by atoms with Gasteiger partial charge in [-0.15, -0.1) is 0 Å². The number of carbonyl (C=O) groups is 1. The van der Waals surface area contributed by atoms with E-state index in [4.69, 9.17) is 4.74 Å². The number of phenols is 1. The van der Waals surface area contributed by atoms with Gasteiger partial charge in [0.25, 0.3) is 10.0 Å². The second kappa shape index (κ2) is 6.80. The molecule has 2 N–H and O–H groups in total. The first-order valence-corrected chi connectivity index (χ1v) is 8.26. The van der Waals surface area contributed by atoms with Crippen LogP contribution >= 0.6 is 0 Å². The number of hydrogen-bond donors (Lipinski definition) is 2. The smallest absolute Gasteiger partial charge is 0.261 e. The maximum atomic E-state index is 12.5. The third-order valence-electron chi connectivity index (χ3n) is 3.15. The van der Waals surface area contributed by atoms with Crippen LogP contribution in [-0.2, 0) is 21.4 Å². The summed E-state index contributed by atoms with van der Waals surface area (Å²) in [5, 5.41) is 9.45. The molecule has 0 aliphatic carbocycles. The number of aromatic hydroxyl groups is 1. The van der Waals surface area contributed by atoms with Crippen molar-refractivity contribution in [3.8, 4) is 5.75 Å². The van der Waals surface area contributed by atoms with Crippen LogP contribution in [0.25, 0.3) is 0 Å². The van der Waals surface area contributed by atoms with E-state index in [0.29, 0.717) is 12.2 Å². The van der Waals surface area contributed by atoms with Crippen LogP contribution in [-0.4, -0.2) is 26.4 Å². The summed E-state index contributed by atoms with van der Waals surface area (Å²) in [6, 6.07) is 10.2. The molecular weight excluding hydrogens is 318 g/mol. The number of methoxy groups -OCH3 is 1. The molecule has 0 bridgehead atoms. The van der Waals surface area contributed by atoms with Crippen molar-refractivity contribution < 1.29 is 23.1 Å². The predicted molar refractivity (Wildman–Crippen MR) is 86.1 cm³/mol. The van der Waals surface area contributed by atoms with Crippen molar-refractivity contribution in [2.24, 2.45) is 0 Å². The molecule has 6 nitrogen and oxygen atoms in total. The van der Waals surface area contributed by atoms with Gasteiger partial charge in [0.2, 0.25) is 0 Å². The first-order chi connectivity index (χ1) is 10.8. The highest BCUT2D eigenvalue weighted by molar-refractivity contribution is 7.92. The summed E-state index contributed by atoms with van der Waals surface area (Å²) >= 11 is 0. The fourth-order valence-corrected chi connectivity index (χ4v) is 3.23. The zero-order valence-corrected chi connectivity index (χ0v) is 13.6. The van der Waals surface area contributed by atoms with Crippen LogP contribution in [0.4, 0.5) is 5.69 Å². The molecule has 0 unspecified atom stereocenters. The number of phenolic OH excluding ortho intramolecular Hbond substituents is 1. The number of nitrogens with one attached hydrogen (secondary N) is 1. The Morgan fingerprint density at radius 2 is 1.96 bits per heavy atom. The number of sulfonamides is 1. The van der Waals surface area contributed by atoms with Crippen LogP contribution in [0.15, 0.2) is 47.4 Å². The van der Waals surface area contributed by atoms with Crippen LogP contribution < -0.4 is 4.72 Å². The predicted octanol–water partition coefficient (Wildman–Crippen LogP) is 2.54. The van der Waals surface area contributed by atoms with Crippen molar-refractivity contribution in [2.45, 2.75) is 18.4 Å². The van der Waals surface area contributed by atoms with Crippen LogP contribution in [0, 0.1) is 0 Å². The Bertz CT molecular complexity index is 830. The summed E-state index contributed by atoms with van der Waals surface area (Å²) in [6.07, 6.45) is 0. The zero-order chi connectivity index (χ0) is 17.0. The lowest BCUT2D eigenvalue weighted by Crippen LogP contribution is -2.15. The van der Waals surface area contributed by atoms with Gasteiger partial charge in [-0.25, -0.2) is 8.42 Å². The second-order valence-corrected chi connectivity index (χ2v) is 6.65. The fourth-order valence-electron chi connectivity index (χ4n) is 2.09. The van der Waals surface area contributed by atoms with E-state index in [-0.39, 0.29) is 27.7 Å². The molecule has 0 radical (unpaired) electrons. The van der Waals surface area contributed by atoms with Crippen molar-refractivity contribution in [2.75, 3.05) is 11.8 Å². The lowest BCUT2D eigenvalue weighted by molar-refractivity contribution is 0.101. The Balaban J connectivity index is 2.39. The number of ketones is 1. The SMILES string of the molecule is COCc1cccc(S(=O)(=O)Nc2ccc(O)cc2C(C)=O)c1. The second-order valence-electron chi connectivity index (χ2n) is 4.97. The van der Waals surface area contributed by atoms with Gasteiger partial charge in [-0.3, -0.25) is 9.52 Å². The molecule has 0 spiro atoms. The molecule has 122 valence electrons. The lowest BCUT2D eigenvalue weighted by Gasteiger charge is -2.12. The summed E-state index contributed by atoms with van der Waals surface area (Å²) in [4.78, 5) is 11.7. The number of carbonyl (C=O) groups excluding carboxylic acids is 1. The molecule has 0 atom stereocenters. The molecule has 0 saturated carbocycles. The van der Waals surface area contributed by atoms with Gasteiger partial charge in [-0.05, 0) is 42.8 Å². The molecule has 0 fully saturated rings. The summed E-state index contributed by atoms with van der Waals surface area (Å²) < 4.78 is 32.4. The lowest BCUT2D eigenvalue weighted by atomic mass is 10.1. The number of hydrogen-bond acceptors (Lipinski definition) is 5. The van der Waals surface area contributed by atoms with Crippen molar-refractivity contribution >= 4 is 21.5 Å². The van der Waals surface area contributed by atoms with Gasteiger partial charge in [-0.2, -0.15) is 0 Å². The van der Waals surface area contributed by atoms with E-state index in [1.807, 2.05) is 0 Å². The van der Waals surface area contributed by atoms with Crippen LogP contribution in [0.5, 0.6) is 5.75 Å². The molecule has 2 rings (SSSR count). The molecule has 23 heavy (non-hydrogen) atoms. The Labute approximate surface area is 134 Å². The first kappa shape index (κ1) is 17.0. The minimum Gasteiger partial charge on any atom is -0.508 e. The van der Waals surface area contributed by atoms with Gasteiger partial charge in [-0.1, -0.05) is 12.1 Å². The van der Waals surface area contributed by atoms with Gasteiger partial charge in [0.1, 0.15) is 5.75 Å². The number of benzene rings is 2. The normalized spacial score (nSPS) is 11.2. The van der Waals surface area contributed by atoms with Gasteiger partial charge >= 0.3 is 0 Å². The monoisotopic (exact) mass is 335 g/mol. The molecule has 0 heterocycles. The maximum Gasteiger partial charge on any atom is 0.261 e. The largest absolute Gasteiger partial charge is 0.508 e. The third kappa shape index (κ3) is 4.08. The van der Waals surface area contributed by atoms with E-state index in [0.717, 1.165) is 0 Å². The fraction of sp³-hybridized carbons (Fsp3) is 0.188. The zero-order valence-electron chi connectivity index (χ0n) is 12.7. The first-order valence-electron chi connectivity index (χ1n) is 6.78. The van der Waals surface area contributed by atoms with Crippen molar-refractivity contribution in [3.05, 3.63) is 53.6 Å². The average molecular weight is 335 g/mol. The minimum absolute atomic E-state index is 0.0645. The topological polar surface area (TPSA) is 92.7 Å². The number of Topliss-reactive ketones (excluding diaryl/α,β-unsaturated/α-hetero) is 1. The molecule has 0 aliphatic heterocycles. The Hall–Kier alpha value is -2.38. The summed E-state index contributed by atoms with van der Waals surface area (Å²) in [7, 11) is -2.34. The highest BCUT2D eigenvalue weighted by Crippen LogP contribution is 2.25. The highest BCUT2D eigenvalue weighted by Gasteiger charge is 2.18. The Kier molecular flexibility index (Phi) is 5.02. The van der Waals surface area contributed by atoms with Crippen LogP contribution in [0.3, 0.4) is 0 Å². The molecule has 0 saturated heterocycles. The Morgan fingerprint density at radius 1 is 1.22 bits per heavy atom. The maximum absolute atomic E-state index is 12.5. The summed E-state index contributed by atoms with van der Waals surface area (Å²) in [6.45, 7) is 1.59. The average Bonchev–Trinajstić information content (AvgIpc) is 2.49. The molecule has 2 aromatic rings. The molecule has 2 aromatic carbocycles. The van der Waals surface area contributed by atoms with Gasteiger partial charge in [0.15, 0.2) is 5.78 Å². The van der Waals surface area contributed by atoms with Crippen molar-refractivity contribution in [1.29, 1.82) is 0 Å². The summed E-state index contributed by atoms with van der Waals surface area (Å²) in [5.41, 5.74) is 0.932. The minimum atomic E-state index is -3.86. The molecule has 0 amide bonds. The Morgan fingerprint density at radius 3 is 2.61 bits per heavy atom. The van der Waals surface area contributed by atoms with Gasteiger partial charge in [0, 0.05) is 12.7 Å². The van der Waals surface area contributed by atoms with E-state index in [1.54, 1.807) is 12.1 Å². The quantitative estimate of drug-likeness (QED) is 0.625. The van der Waals surface area contributed by atoms with Crippen LogP contribution in [0.1, 0.15) is 22.8 Å². The molecular formula is C16H17NO5S. The standard InChI is InChI=1S/C16H17NO5S/c1-11(18)15-9-13(19)6-7-16(15)17-23(20,21)14-5-3-4-12(8-14)10-22-2/h3-9,17,19H,10H2,1-2H3. The van der Waals surface area contributed by atoms with E-state index in [1.165, 1.54) is 44.4 Å². The van der Waals surface area contributed by atoms with E-state index >= 15 is 0 Å². The van der Waals surface area contributed by atoms with Crippen molar-refractivity contribution in [1.82, 2.24) is 0 Å². The van der Waals surface area contributed by atoms with Gasteiger partial charge < -0.3 is 9.84 Å². The van der Waals surface area contributed by atoms with Gasteiger partial charge in [0.05, 0.1) is 17.2 Å². The van der Waals surface area contributed by atoms with E-state index in [9.17, 15) is 18.3 Å². The van der Waals surface area contributed by atoms with E-state index < -0.39 is 10.0 Å². The van der Waals surface area contributed by atoms with E-state index in [2.05, 4.69) is 4.72 Å². The number of anilines is 1. The highest BCUT2D eigenvalue weighted by atomic mass is 32.2.